The summed E-state index contributed by atoms with van der Waals surface area (Å²) < 4.78 is 6.30. The normalized spacial score (nSPS) is 13.1. The van der Waals surface area contributed by atoms with Crippen molar-refractivity contribution in [2.24, 2.45) is 5.10 Å². The number of methoxy groups -OCH3 is 1. The van der Waals surface area contributed by atoms with Crippen molar-refractivity contribution >= 4 is 29.0 Å². The van der Waals surface area contributed by atoms with E-state index >= 15 is 0 Å². The van der Waals surface area contributed by atoms with Gasteiger partial charge in [0.1, 0.15) is 5.82 Å². The monoisotopic (exact) mass is 470 g/mol. The number of benzene rings is 1. The van der Waals surface area contributed by atoms with Crippen LogP contribution in [0.3, 0.4) is 0 Å². The number of nitrogen functional groups attached to an aromatic ring is 1. The van der Waals surface area contributed by atoms with Gasteiger partial charge in [-0.2, -0.15) is 5.10 Å². The van der Waals surface area contributed by atoms with Gasteiger partial charge in [-0.1, -0.05) is 37.3 Å². The molecule has 1 aliphatic rings. The zero-order valence-corrected chi connectivity index (χ0v) is 19.5. The largest absolute Gasteiger partial charge is 0.383 e. The number of amides is 2. The van der Waals surface area contributed by atoms with E-state index in [1.165, 1.54) is 21.6 Å². The van der Waals surface area contributed by atoms with Crippen molar-refractivity contribution in [3.8, 4) is 0 Å². The molecule has 1 aromatic heterocycles. The molecular formula is C23H30N6O5. The lowest BCUT2D eigenvalue weighted by Crippen LogP contribution is -2.42. The van der Waals surface area contributed by atoms with Crippen LogP contribution in [0.1, 0.15) is 38.2 Å². The van der Waals surface area contributed by atoms with E-state index in [2.05, 4.69) is 10.1 Å². The van der Waals surface area contributed by atoms with Crippen LogP contribution in [0.4, 0.5) is 11.5 Å². The van der Waals surface area contributed by atoms with E-state index < -0.39 is 17.2 Å². The fourth-order valence-electron chi connectivity index (χ4n) is 3.78. The van der Waals surface area contributed by atoms with E-state index in [4.69, 9.17) is 10.5 Å². The fourth-order valence-corrected chi connectivity index (χ4v) is 3.78. The van der Waals surface area contributed by atoms with E-state index in [1.807, 2.05) is 37.3 Å². The Morgan fingerprint density at radius 3 is 2.62 bits per heavy atom. The van der Waals surface area contributed by atoms with Gasteiger partial charge in [-0.25, -0.2) is 9.80 Å². The van der Waals surface area contributed by atoms with E-state index in [0.717, 1.165) is 11.3 Å². The summed E-state index contributed by atoms with van der Waals surface area (Å²) in [4.78, 5) is 53.9. The first-order chi connectivity index (χ1) is 16.4. The molecule has 0 bridgehead atoms. The molecule has 3 rings (SSSR count). The number of nitrogens with two attached hydrogens (primary N) is 1. The van der Waals surface area contributed by atoms with Gasteiger partial charge >= 0.3 is 5.69 Å². The molecule has 11 heteroatoms. The number of H-pyrrole nitrogens is 1. The highest BCUT2D eigenvalue weighted by Crippen LogP contribution is 2.19. The number of nitrogens with one attached hydrogen (secondary N) is 1. The molecule has 3 N–H and O–H groups in total. The molecule has 0 saturated heterocycles. The van der Waals surface area contributed by atoms with Crippen molar-refractivity contribution in [1.29, 1.82) is 0 Å². The zero-order chi connectivity index (χ0) is 24.7. The first kappa shape index (κ1) is 24.9. The van der Waals surface area contributed by atoms with Crippen LogP contribution in [0.2, 0.25) is 0 Å². The molecule has 0 atom stereocenters. The maximum atomic E-state index is 13.1. The summed E-state index contributed by atoms with van der Waals surface area (Å²) in [5, 5.41) is 5.77. The quantitative estimate of drug-likeness (QED) is 0.529. The van der Waals surface area contributed by atoms with Crippen LogP contribution >= 0.6 is 0 Å². The summed E-state index contributed by atoms with van der Waals surface area (Å²) in [5.41, 5.74) is 6.38. The smallest absolute Gasteiger partial charge is 0.330 e. The zero-order valence-electron chi connectivity index (χ0n) is 19.5. The number of hydrogen-bond acceptors (Lipinski definition) is 7. The van der Waals surface area contributed by atoms with Crippen LogP contribution in [0.25, 0.3) is 0 Å². The first-order valence-electron chi connectivity index (χ1n) is 11.2. The van der Waals surface area contributed by atoms with Crippen LogP contribution in [-0.4, -0.2) is 58.9 Å². The van der Waals surface area contributed by atoms with Gasteiger partial charge in [0.25, 0.3) is 5.56 Å². The highest BCUT2D eigenvalue weighted by molar-refractivity contribution is 6.03. The molecule has 1 aromatic carbocycles. The van der Waals surface area contributed by atoms with Crippen LogP contribution in [0.5, 0.6) is 0 Å². The minimum Gasteiger partial charge on any atom is -0.383 e. The van der Waals surface area contributed by atoms with Crippen molar-refractivity contribution in [2.45, 2.75) is 39.2 Å². The predicted molar refractivity (Wildman–Crippen MR) is 129 cm³/mol. The van der Waals surface area contributed by atoms with E-state index in [-0.39, 0.29) is 50.0 Å². The Kier molecular flexibility index (Phi) is 8.36. The number of anilines is 2. The third kappa shape index (κ3) is 5.60. The van der Waals surface area contributed by atoms with E-state index in [0.29, 0.717) is 19.4 Å². The molecule has 2 amide bonds. The molecule has 2 aromatic rings. The van der Waals surface area contributed by atoms with Crippen LogP contribution in [0.15, 0.2) is 45.0 Å². The number of aromatic nitrogens is 2. The van der Waals surface area contributed by atoms with Crippen molar-refractivity contribution < 1.29 is 14.3 Å². The molecule has 0 spiro atoms. The molecule has 11 nitrogen and oxygen atoms in total. The number of ether oxygens (including phenoxy) is 1. The number of nitrogens with zero attached hydrogens (tertiary/aromatic N) is 4. The Morgan fingerprint density at radius 2 is 1.94 bits per heavy atom. The summed E-state index contributed by atoms with van der Waals surface area (Å²) in [5.74, 6) is -0.859. The van der Waals surface area contributed by atoms with E-state index in [1.54, 1.807) is 0 Å². The molecule has 1 aliphatic heterocycles. The van der Waals surface area contributed by atoms with Crippen LogP contribution < -0.4 is 21.9 Å². The molecule has 0 saturated carbocycles. The third-order valence-corrected chi connectivity index (χ3v) is 5.50. The summed E-state index contributed by atoms with van der Waals surface area (Å²) in [6, 6.07) is 9.60. The minimum atomic E-state index is -0.762. The Bertz CT molecular complexity index is 1170. The van der Waals surface area contributed by atoms with Crippen molar-refractivity contribution in [1.82, 2.24) is 14.6 Å². The summed E-state index contributed by atoms with van der Waals surface area (Å²) in [7, 11) is 1.47. The number of rotatable bonds is 10. The average Bonchev–Trinajstić information content (AvgIpc) is 3.33. The summed E-state index contributed by atoms with van der Waals surface area (Å²) >= 11 is 0. The maximum Gasteiger partial charge on any atom is 0.330 e. The maximum absolute atomic E-state index is 13.1. The SMILES string of the molecule is CCCn1c(N)c(N(CCOC)C(=O)CCC(=O)N2CCC(c3ccccc3)=N2)c(=O)[nH]c1=O. The van der Waals surface area contributed by atoms with Crippen molar-refractivity contribution in [2.75, 3.05) is 37.4 Å². The average molecular weight is 471 g/mol. The number of hydrogen-bond donors (Lipinski definition) is 2. The molecule has 0 fully saturated rings. The van der Waals surface area contributed by atoms with E-state index in [9.17, 15) is 19.2 Å². The van der Waals surface area contributed by atoms with Gasteiger partial charge in [-0.15, -0.1) is 0 Å². The Hall–Kier alpha value is -3.73. The molecule has 2 heterocycles. The number of aromatic amines is 1. The van der Waals surface area contributed by atoms with Gasteiger partial charge in [-0.05, 0) is 12.0 Å². The second kappa shape index (κ2) is 11.4. The third-order valence-electron chi connectivity index (χ3n) is 5.50. The Morgan fingerprint density at radius 1 is 1.21 bits per heavy atom. The van der Waals surface area contributed by atoms with Crippen molar-refractivity contribution in [3.05, 3.63) is 56.7 Å². The van der Waals surface area contributed by atoms with Gasteiger partial charge in [0.2, 0.25) is 11.8 Å². The summed E-state index contributed by atoms with van der Waals surface area (Å²) in [6.45, 7) is 2.78. The second-order valence-electron chi connectivity index (χ2n) is 7.86. The van der Waals surface area contributed by atoms with Gasteiger partial charge in [0.15, 0.2) is 5.69 Å². The topological polar surface area (TPSA) is 143 Å². The molecule has 0 radical (unpaired) electrons. The lowest BCUT2D eigenvalue weighted by Gasteiger charge is -2.24. The standard InChI is InChI=1S/C23H30N6O5/c1-3-12-28-21(24)20(22(32)25-23(28)33)27(14-15-34-2)18(30)9-10-19(31)29-13-11-17(26-29)16-7-5-4-6-8-16/h4-8H,3,9-15,24H2,1-2H3,(H,25,32,33). The molecule has 34 heavy (non-hydrogen) atoms. The van der Waals surface area contributed by atoms with Crippen LogP contribution in [0, 0.1) is 0 Å². The van der Waals surface area contributed by atoms with Gasteiger partial charge in [-0.3, -0.25) is 23.9 Å². The molecule has 0 aliphatic carbocycles. The van der Waals surface area contributed by atoms with Crippen molar-refractivity contribution in [3.63, 3.8) is 0 Å². The summed E-state index contributed by atoms with van der Waals surface area (Å²) in [6.07, 6.45) is 1.01. The van der Waals surface area contributed by atoms with Gasteiger partial charge < -0.3 is 15.4 Å². The Balaban J connectivity index is 1.75. The lowest BCUT2D eigenvalue weighted by molar-refractivity contribution is -0.132. The minimum absolute atomic E-state index is 0.0428. The number of hydrazone groups is 1. The molecule has 0 unspecified atom stereocenters. The van der Waals surface area contributed by atoms with Gasteiger partial charge in [0, 0.05) is 39.5 Å². The highest BCUT2D eigenvalue weighted by Gasteiger charge is 2.26. The fraction of sp³-hybridized carbons (Fsp3) is 0.435. The first-order valence-corrected chi connectivity index (χ1v) is 11.2. The molecule has 182 valence electrons. The predicted octanol–water partition coefficient (Wildman–Crippen LogP) is 0.925. The van der Waals surface area contributed by atoms with Crippen LogP contribution in [-0.2, 0) is 20.9 Å². The van der Waals surface area contributed by atoms with Gasteiger partial charge in [0.05, 0.1) is 18.9 Å². The second-order valence-corrected chi connectivity index (χ2v) is 7.86. The lowest BCUT2D eigenvalue weighted by atomic mass is 10.1. The number of carbonyl (C=O) groups excluding carboxylic acids is 2. The highest BCUT2D eigenvalue weighted by atomic mass is 16.5. The molecular weight excluding hydrogens is 440 g/mol. The Labute approximate surface area is 196 Å². The number of carbonyl (C=O) groups is 2.